The summed E-state index contributed by atoms with van der Waals surface area (Å²) in [6.07, 6.45) is 0. The van der Waals surface area contributed by atoms with Gasteiger partial charge in [-0.05, 0) is 20.8 Å². The van der Waals surface area contributed by atoms with Gasteiger partial charge in [-0.2, -0.15) is 0 Å². The molecule has 1 aliphatic rings. The van der Waals surface area contributed by atoms with Gasteiger partial charge in [-0.15, -0.1) is 0 Å². The fourth-order valence-electron chi connectivity index (χ4n) is 1.89. The normalized spacial score (nSPS) is 19.4. The van der Waals surface area contributed by atoms with Gasteiger partial charge in [-0.3, -0.25) is 9.59 Å². The summed E-state index contributed by atoms with van der Waals surface area (Å²) < 4.78 is 5.04. The fraction of sp³-hybridized carbons (Fsp3) is 0.545. The second kappa shape index (κ2) is 3.87. The van der Waals surface area contributed by atoms with E-state index in [1.165, 1.54) is 4.90 Å². The first kappa shape index (κ1) is 11.6. The molecule has 0 radical (unpaired) electrons. The molecule has 0 atom stereocenters. The van der Waals surface area contributed by atoms with E-state index in [1.807, 2.05) is 6.92 Å². The number of amides is 2. The van der Waals surface area contributed by atoms with Gasteiger partial charge >= 0.3 is 0 Å². The van der Waals surface area contributed by atoms with E-state index in [0.29, 0.717) is 5.76 Å². The van der Waals surface area contributed by atoms with Crippen LogP contribution < -0.4 is 5.32 Å². The van der Waals surface area contributed by atoms with Crippen LogP contribution in [0.2, 0.25) is 0 Å². The van der Waals surface area contributed by atoms with Gasteiger partial charge < -0.3 is 14.7 Å². The lowest BCUT2D eigenvalue weighted by Gasteiger charge is -2.36. The van der Waals surface area contributed by atoms with Crippen LogP contribution in [-0.4, -0.2) is 34.0 Å². The zero-order valence-corrected chi connectivity index (χ0v) is 10.1. The van der Waals surface area contributed by atoms with E-state index in [9.17, 15) is 9.59 Å². The quantitative estimate of drug-likeness (QED) is 0.798. The van der Waals surface area contributed by atoms with Crippen molar-refractivity contribution in [1.29, 1.82) is 0 Å². The third-order valence-electron chi connectivity index (χ3n) is 2.63. The van der Waals surface area contributed by atoms with Gasteiger partial charge in [0.1, 0.15) is 12.1 Å². The largest absolute Gasteiger partial charge is 0.359 e. The lowest BCUT2D eigenvalue weighted by molar-refractivity contribution is -0.149. The number of aromatic nitrogens is 1. The molecule has 0 bridgehead atoms. The fourth-order valence-corrected chi connectivity index (χ4v) is 1.89. The van der Waals surface area contributed by atoms with Crippen molar-refractivity contribution in [3.63, 3.8) is 0 Å². The van der Waals surface area contributed by atoms with E-state index in [1.54, 1.807) is 19.9 Å². The number of piperazine rings is 1. The number of rotatable bonds is 2. The molecule has 0 spiro atoms. The van der Waals surface area contributed by atoms with E-state index in [0.717, 1.165) is 5.69 Å². The third kappa shape index (κ3) is 2.30. The molecule has 2 heterocycles. The Labute approximate surface area is 98.9 Å². The Morgan fingerprint density at radius 1 is 1.53 bits per heavy atom. The SMILES string of the molecule is Cc1cc(CN2CC(=O)NC(C)(C)C2=O)on1. The standard InChI is InChI=1S/C11H15N3O3/c1-7-4-8(17-13-7)5-14-6-9(15)12-11(2,3)10(14)16/h4H,5-6H2,1-3H3,(H,12,15). The number of aryl methyl sites for hydroxylation is 1. The number of nitrogens with zero attached hydrogens (tertiary/aromatic N) is 2. The van der Waals surface area contributed by atoms with Gasteiger partial charge in [-0.25, -0.2) is 0 Å². The van der Waals surface area contributed by atoms with Crippen LogP contribution in [0.25, 0.3) is 0 Å². The third-order valence-corrected chi connectivity index (χ3v) is 2.63. The first-order valence-electron chi connectivity index (χ1n) is 5.41. The van der Waals surface area contributed by atoms with Gasteiger partial charge in [0.2, 0.25) is 11.8 Å². The summed E-state index contributed by atoms with van der Waals surface area (Å²) in [6.45, 7) is 5.51. The summed E-state index contributed by atoms with van der Waals surface area (Å²) in [5.74, 6) is 0.304. The molecule has 0 aliphatic carbocycles. The summed E-state index contributed by atoms with van der Waals surface area (Å²) in [4.78, 5) is 25.0. The topological polar surface area (TPSA) is 75.4 Å². The Hall–Kier alpha value is -1.85. The van der Waals surface area contributed by atoms with Crippen LogP contribution in [0.5, 0.6) is 0 Å². The molecule has 92 valence electrons. The molecule has 1 aromatic rings. The highest BCUT2D eigenvalue weighted by Crippen LogP contribution is 2.16. The smallest absolute Gasteiger partial charge is 0.248 e. The minimum atomic E-state index is -0.857. The molecule has 0 saturated carbocycles. The summed E-state index contributed by atoms with van der Waals surface area (Å²) in [6, 6.07) is 1.76. The van der Waals surface area contributed by atoms with Crippen LogP contribution in [0.1, 0.15) is 25.3 Å². The zero-order valence-electron chi connectivity index (χ0n) is 10.1. The molecule has 0 unspecified atom stereocenters. The lowest BCUT2D eigenvalue weighted by Crippen LogP contribution is -2.63. The molecule has 1 N–H and O–H groups in total. The maximum Gasteiger partial charge on any atom is 0.248 e. The van der Waals surface area contributed by atoms with Crippen LogP contribution in [0.4, 0.5) is 0 Å². The van der Waals surface area contributed by atoms with Gasteiger partial charge in [0, 0.05) is 6.07 Å². The maximum atomic E-state index is 12.1. The van der Waals surface area contributed by atoms with Gasteiger partial charge in [-0.1, -0.05) is 5.16 Å². The van der Waals surface area contributed by atoms with E-state index < -0.39 is 5.54 Å². The van der Waals surface area contributed by atoms with E-state index in [2.05, 4.69) is 10.5 Å². The van der Waals surface area contributed by atoms with Crippen LogP contribution >= 0.6 is 0 Å². The van der Waals surface area contributed by atoms with Crippen molar-refractivity contribution in [2.45, 2.75) is 32.9 Å². The molecule has 1 aromatic heterocycles. The van der Waals surface area contributed by atoms with Crippen molar-refractivity contribution in [3.05, 3.63) is 17.5 Å². The Morgan fingerprint density at radius 2 is 2.24 bits per heavy atom. The first-order valence-corrected chi connectivity index (χ1v) is 5.41. The van der Waals surface area contributed by atoms with Crippen LogP contribution in [0, 0.1) is 6.92 Å². The molecule has 6 nitrogen and oxygen atoms in total. The highest BCUT2D eigenvalue weighted by molar-refractivity contribution is 5.97. The molecule has 2 rings (SSSR count). The molecule has 1 saturated heterocycles. The van der Waals surface area contributed by atoms with Crippen molar-refractivity contribution in [1.82, 2.24) is 15.4 Å². The Balaban J connectivity index is 2.15. The van der Waals surface area contributed by atoms with Gasteiger partial charge in [0.05, 0.1) is 12.2 Å². The number of carbonyl (C=O) groups excluding carboxylic acids is 2. The Morgan fingerprint density at radius 3 is 2.82 bits per heavy atom. The van der Waals surface area contributed by atoms with Crippen molar-refractivity contribution < 1.29 is 14.1 Å². The van der Waals surface area contributed by atoms with E-state index in [-0.39, 0.29) is 24.9 Å². The minimum absolute atomic E-state index is 0.0576. The second-order valence-electron chi connectivity index (χ2n) is 4.77. The second-order valence-corrected chi connectivity index (χ2v) is 4.77. The molecule has 0 aromatic carbocycles. The molecular weight excluding hydrogens is 222 g/mol. The van der Waals surface area contributed by atoms with Gasteiger partial charge in [0.25, 0.3) is 0 Å². The number of carbonyl (C=O) groups is 2. The average molecular weight is 237 g/mol. The number of nitrogens with one attached hydrogen (secondary N) is 1. The van der Waals surface area contributed by atoms with Crippen molar-refractivity contribution in [2.75, 3.05) is 6.54 Å². The van der Waals surface area contributed by atoms with Crippen LogP contribution in [0.15, 0.2) is 10.6 Å². The van der Waals surface area contributed by atoms with E-state index >= 15 is 0 Å². The summed E-state index contributed by atoms with van der Waals surface area (Å²) >= 11 is 0. The van der Waals surface area contributed by atoms with Crippen LogP contribution in [-0.2, 0) is 16.1 Å². The van der Waals surface area contributed by atoms with E-state index in [4.69, 9.17) is 4.52 Å². The zero-order chi connectivity index (χ0) is 12.6. The summed E-state index contributed by atoms with van der Waals surface area (Å²) in [5, 5.41) is 6.40. The lowest BCUT2D eigenvalue weighted by atomic mass is 10.0. The molecular formula is C11H15N3O3. The average Bonchev–Trinajstić information content (AvgIpc) is 2.59. The Bertz CT molecular complexity index is 464. The maximum absolute atomic E-state index is 12.1. The van der Waals surface area contributed by atoms with Crippen molar-refractivity contribution in [2.24, 2.45) is 0 Å². The summed E-state index contributed by atoms with van der Waals surface area (Å²) in [7, 11) is 0. The molecule has 2 amide bonds. The first-order chi connectivity index (χ1) is 7.88. The number of hydrogen-bond donors (Lipinski definition) is 1. The van der Waals surface area contributed by atoms with Crippen molar-refractivity contribution in [3.8, 4) is 0 Å². The molecule has 6 heteroatoms. The van der Waals surface area contributed by atoms with Crippen molar-refractivity contribution >= 4 is 11.8 Å². The van der Waals surface area contributed by atoms with Crippen LogP contribution in [0.3, 0.4) is 0 Å². The molecule has 1 aliphatic heterocycles. The highest BCUT2D eigenvalue weighted by atomic mass is 16.5. The molecule has 1 fully saturated rings. The predicted octanol–water partition coefficient (Wildman–Crippen LogP) is 0.220. The minimum Gasteiger partial charge on any atom is -0.359 e. The molecule has 17 heavy (non-hydrogen) atoms. The monoisotopic (exact) mass is 237 g/mol. The highest BCUT2D eigenvalue weighted by Gasteiger charge is 2.39. The summed E-state index contributed by atoms with van der Waals surface area (Å²) in [5.41, 5.74) is -0.0992. The number of hydrogen-bond acceptors (Lipinski definition) is 4. The Kier molecular flexibility index (Phi) is 2.65. The van der Waals surface area contributed by atoms with Gasteiger partial charge in [0.15, 0.2) is 5.76 Å². The predicted molar refractivity (Wildman–Crippen MR) is 58.9 cm³/mol.